The lowest BCUT2D eigenvalue weighted by atomic mass is 9.98. The fraction of sp³-hybridized carbons (Fsp3) is 0.265. The molecule has 1 atom stereocenters. The van der Waals surface area contributed by atoms with Crippen LogP contribution in [-0.4, -0.2) is 13.0 Å². The molecule has 0 aliphatic heterocycles. The molecule has 0 saturated carbocycles. The molecule has 0 fully saturated rings. The molecule has 4 aromatic rings. The van der Waals surface area contributed by atoms with Gasteiger partial charge in [0, 0.05) is 18.4 Å². The summed E-state index contributed by atoms with van der Waals surface area (Å²) in [5, 5.41) is 3.17. The number of hydrogen-bond donors (Lipinski definition) is 1. The summed E-state index contributed by atoms with van der Waals surface area (Å²) >= 11 is 0. The van der Waals surface area contributed by atoms with Crippen LogP contribution in [0.4, 0.5) is 11.4 Å². The number of benzene rings is 4. The Morgan fingerprint density at radius 3 is 2.32 bits per heavy atom. The van der Waals surface area contributed by atoms with E-state index in [1.807, 2.05) is 42.3 Å². The summed E-state index contributed by atoms with van der Waals surface area (Å²) in [5.74, 6) is 1.28. The summed E-state index contributed by atoms with van der Waals surface area (Å²) in [7, 11) is 1.91. The van der Waals surface area contributed by atoms with E-state index in [9.17, 15) is 4.79 Å². The summed E-state index contributed by atoms with van der Waals surface area (Å²) < 4.78 is 6.23. The predicted octanol–water partition coefficient (Wildman–Crippen LogP) is 7.69. The highest BCUT2D eigenvalue weighted by molar-refractivity contribution is 5.99. The van der Waals surface area contributed by atoms with Gasteiger partial charge in [0.15, 0.2) is 0 Å². The average Bonchev–Trinajstić information content (AvgIpc) is 3.40. The van der Waals surface area contributed by atoms with Crippen LogP contribution in [0.3, 0.4) is 0 Å². The van der Waals surface area contributed by atoms with Gasteiger partial charge in [-0.2, -0.15) is 0 Å². The van der Waals surface area contributed by atoms with Gasteiger partial charge in [-0.15, -0.1) is 0 Å². The Balaban J connectivity index is 1.42. The van der Waals surface area contributed by atoms with E-state index in [4.69, 9.17) is 4.74 Å². The summed E-state index contributed by atoms with van der Waals surface area (Å²) in [6.07, 6.45) is 1.63. The molecule has 4 nitrogen and oxygen atoms in total. The molecule has 1 aliphatic carbocycles. The largest absolute Gasteiger partial charge is 0.489 e. The van der Waals surface area contributed by atoms with Gasteiger partial charge >= 0.3 is 0 Å². The molecule has 0 saturated heterocycles. The number of nitrogens with one attached hydrogen (secondary N) is 1. The van der Waals surface area contributed by atoms with Crippen LogP contribution < -0.4 is 15.0 Å². The highest BCUT2D eigenvalue weighted by Gasteiger charge is 2.34. The second-order valence-electron chi connectivity index (χ2n) is 10.3. The van der Waals surface area contributed by atoms with Crippen molar-refractivity contribution >= 4 is 17.3 Å². The summed E-state index contributed by atoms with van der Waals surface area (Å²) in [4.78, 5) is 16.2. The molecule has 38 heavy (non-hydrogen) atoms. The number of fused-ring (bicyclic) bond motifs is 1. The zero-order valence-corrected chi connectivity index (χ0v) is 22.5. The van der Waals surface area contributed by atoms with Crippen LogP contribution in [0.2, 0.25) is 0 Å². The maximum absolute atomic E-state index is 14.2. The normalized spacial score (nSPS) is 14.3. The van der Waals surface area contributed by atoms with Crippen LogP contribution in [0.15, 0.2) is 97.1 Å². The monoisotopic (exact) mass is 504 g/mol. The number of rotatable bonds is 9. The van der Waals surface area contributed by atoms with Gasteiger partial charge in [0.1, 0.15) is 12.4 Å². The van der Waals surface area contributed by atoms with E-state index in [1.54, 1.807) is 0 Å². The summed E-state index contributed by atoms with van der Waals surface area (Å²) in [6.45, 7) is 5.43. The zero-order chi connectivity index (χ0) is 26.5. The molecule has 4 aromatic carbocycles. The molecular weight excluding hydrogens is 468 g/mol. The Bertz CT molecular complexity index is 1360. The minimum absolute atomic E-state index is 0.138. The maximum Gasteiger partial charge on any atom is 0.234 e. The van der Waals surface area contributed by atoms with Gasteiger partial charge in [0.05, 0.1) is 12.5 Å². The third-order valence-corrected chi connectivity index (χ3v) is 7.48. The number of carbonyl (C=O) groups excluding carboxylic acids is 1. The summed E-state index contributed by atoms with van der Waals surface area (Å²) in [6, 6.07) is 33.1. The second kappa shape index (κ2) is 11.6. The van der Waals surface area contributed by atoms with Crippen LogP contribution >= 0.6 is 0 Å². The van der Waals surface area contributed by atoms with Crippen molar-refractivity contribution in [1.29, 1.82) is 0 Å². The number of nitrogens with zero attached hydrogens (tertiary/aromatic N) is 1. The van der Waals surface area contributed by atoms with Gasteiger partial charge in [-0.1, -0.05) is 80.6 Å². The van der Waals surface area contributed by atoms with Gasteiger partial charge in [0.25, 0.3) is 0 Å². The van der Waals surface area contributed by atoms with Crippen LogP contribution in [0.1, 0.15) is 59.9 Å². The van der Waals surface area contributed by atoms with Gasteiger partial charge in [-0.3, -0.25) is 4.79 Å². The number of carbonyl (C=O) groups is 1. The third-order valence-electron chi connectivity index (χ3n) is 7.48. The van der Waals surface area contributed by atoms with E-state index in [0.717, 1.165) is 52.2 Å². The molecule has 194 valence electrons. The minimum atomic E-state index is -0.188. The van der Waals surface area contributed by atoms with Crippen molar-refractivity contribution in [1.82, 2.24) is 0 Å². The molecular formula is C34H36N2O2. The molecule has 0 heterocycles. The van der Waals surface area contributed by atoms with Gasteiger partial charge in [-0.05, 0) is 76.9 Å². The number of anilines is 2. The first-order chi connectivity index (χ1) is 18.5. The van der Waals surface area contributed by atoms with E-state index >= 15 is 0 Å². The van der Waals surface area contributed by atoms with Crippen LogP contribution in [-0.2, 0) is 24.4 Å². The lowest BCUT2D eigenvalue weighted by molar-refractivity contribution is -0.120. The van der Waals surface area contributed by atoms with Crippen molar-refractivity contribution in [3.63, 3.8) is 0 Å². The SMILES string of the molecule is CNc1ccc(CN(C(=O)C2CCc3c(OCc4ccccc4)cccc32)c2ccc(C(C)C)cc2)cc1. The van der Waals surface area contributed by atoms with E-state index < -0.39 is 0 Å². The van der Waals surface area contributed by atoms with Gasteiger partial charge < -0.3 is 15.0 Å². The van der Waals surface area contributed by atoms with Crippen molar-refractivity contribution in [2.75, 3.05) is 17.3 Å². The van der Waals surface area contributed by atoms with Crippen LogP contribution in [0.5, 0.6) is 5.75 Å². The first-order valence-corrected chi connectivity index (χ1v) is 13.5. The number of ether oxygens (including phenoxy) is 1. The molecule has 1 unspecified atom stereocenters. The Morgan fingerprint density at radius 1 is 0.895 bits per heavy atom. The highest BCUT2D eigenvalue weighted by Crippen LogP contribution is 2.40. The number of amides is 1. The second-order valence-corrected chi connectivity index (χ2v) is 10.3. The quantitative estimate of drug-likeness (QED) is 0.254. The molecule has 0 spiro atoms. The van der Waals surface area contributed by atoms with Crippen LogP contribution in [0, 0.1) is 0 Å². The fourth-order valence-electron chi connectivity index (χ4n) is 5.23. The van der Waals surface area contributed by atoms with E-state index in [-0.39, 0.29) is 11.8 Å². The summed E-state index contributed by atoms with van der Waals surface area (Å²) in [5.41, 5.74) is 7.75. The van der Waals surface area contributed by atoms with Crippen LogP contribution in [0.25, 0.3) is 0 Å². The standard InChI is InChI=1S/C34H36N2O2/c1-24(2)27-14-18-29(19-15-27)36(22-25-12-16-28(35-3)17-13-25)34(37)32-21-20-31-30(32)10-7-11-33(31)38-23-26-8-5-4-6-9-26/h4-19,24,32,35H,20-23H2,1-3H3. The predicted molar refractivity (Wildman–Crippen MR) is 156 cm³/mol. The van der Waals surface area contributed by atoms with E-state index in [1.165, 1.54) is 5.56 Å². The zero-order valence-electron chi connectivity index (χ0n) is 22.5. The lowest BCUT2D eigenvalue weighted by Gasteiger charge is -2.27. The average molecular weight is 505 g/mol. The Morgan fingerprint density at radius 2 is 1.63 bits per heavy atom. The van der Waals surface area contributed by atoms with Crippen molar-refractivity contribution in [3.8, 4) is 5.75 Å². The van der Waals surface area contributed by atoms with Crippen molar-refractivity contribution in [2.24, 2.45) is 0 Å². The molecule has 4 heteroatoms. The molecule has 0 aromatic heterocycles. The molecule has 5 rings (SSSR count). The lowest BCUT2D eigenvalue weighted by Crippen LogP contribution is -2.34. The van der Waals surface area contributed by atoms with E-state index in [2.05, 4.69) is 85.9 Å². The highest BCUT2D eigenvalue weighted by atomic mass is 16.5. The Kier molecular flexibility index (Phi) is 7.78. The maximum atomic E-state index is 14.2. The third kappa shape index (κ3) is 5.60. The Hall–Kier alpha value is -4.05. The fourth-order valence-corrected chi connectivity index (χ4v) is 5.23. The first kappa shape index (κ1) is 25.6. The molecule has 0 radical (unpaired) electrons. The molecule has 1 aliphatic rings. The van der Waals surface area contributed by atoms with Gasteiger partial charge in [0.2, 0.25) is 5.91 Å². The number of hydrogen-bond acceptors (Lipinski definition) is 3. The van der Waals surface area contributed by atoms with Crippen molar-refractivity contribution in [3.05, 3.63) is 125 Å². The van der Waals surface area contributed by atoms with Crippen molar-refractivity contribution in [2.45, 2.75) is 51.7 Å². The van der Waals surface area contributed by atoms with Crippen molar-refractivity contribution < 1.29 is 9.53 Å². The minimum Gasteiger partial charge on any atom is -0.489 e. The molecule has 1 amide bonds. The first-order valence-electron chi connectivity index (χ1n) is 13.5. The van der Waals surface area contributed by atoms with E-state index in [0.29, 0.717) is 19.1 Å². The molecule has 1 N–H and O–H groups in total. The Labute approximate surface area is 226 Å². The van der Waals surface area contributed by atoms with Gasteiger partial charge in [-0.25, -0.2) is 0 Å². The smallest absolute Gasteiger partial charge is 0.234 e. The topological polar surface area (TPSA) is 41.6 Å². The molecule has 0 bridgehead atoms.